The zero-order valence-corrected chi connectivity index (χ0v) is 18.7. The number of methoxy groups -OCH3 is 1. The second kappa shape index (κ2) is 7.76. The maximum absolute atomic E-state index is 12.9. The first-order chi connectivity index (χ1) is 14.3. The number of aliphatic hydroxyl groups is 3. The van der Waals surface area contributed by atoms with Crippen LogP contribution < -0.4 is 0 Å². The molecule has 0 unspecified atom stereocenters. The van der Waals surface area contributed by atoms with Gasteiger partial charge in [0.05, 0.1) is 24.7 Å². The van der Waals surface area contributed by atoms with Crippen LogP contribution >= 0.6 is 0 Å². The first-order valence-electron chi connectivity index (χ1n) is 10.5. The van der Waals surface area contributed by atoms with Crippen LogP contribution in [-0.4, -0.2) is 57.8 Å². The molecule has 0 radical (unpaired) electrons. The molecule has 0 saturated heterocycles. The second-order valence-corrected chi connectivity index (χ2v) is 9.48. The van der Waals surface area contributed by atoms with Gasteiger partial charge in [-0.3, -0.25) is 9.59 Å². The lowest BCUT2D eigenvalue weighted by atomic mass is 9.46. The van der Waals surface area contributed by atoms with Gasteiger partial charge in [0.15, 0.2) is 0 Å². The van der Waals surface area contributed by atoms with E-state index in [1.807, 2.05) is 13.8 Å². The number of fused-ring (bicyclic) bond motifs is 3. The molecule has 8 heteroatoms. The highest BCUT2D eigenvalue weighted by Crippen LogP contribution is 2.62. The van der Waals surface area contributed by atoms with Crippen molar-refractivity contribution >= 4 is 11.9 Å². The Balaban J connectivity index is 2.39. The molecule has 0 spiro atoms. The molecule has 0 amide bonds. The van der Waals surface area contributed by atoms with Crippen molar-refractivity contribution in [3.05, 3.63) is 28.8 Å². The van der Waals surface area contributed by atoms with Gasteiger partial charge in [-0.2, -0.15) is 0 Å². The van der Waals surface area contributed by atoms with E-state index < -0.39 is 53.1 Å². The van der Waals surface area contributed by atoms with Gasteiger partial charge in [0, 0.05) is 30.2 Å². The molecule has 0 bridgehead atoms. The Hall–Kier alpha value is -2.16. The summed E-state index contributed by atoms with van der Waals surface area (Å²) in [5.74, 6) is -2.60. The number of aliphatic hydroxyl groups excluding tert-OH is 3. The van der Waals surface area contributed by atoms with E-state index in [2.05, 4.69) is 0 Å². The Labute approximate surface area is 181 Å². The molecule has 172 valence electrons. The molecule has 0 heterocycles. The number of hydrogen-bond donors (Lipinski definition) is 4. The van der Waals surface area contributed by atoms with Crippen LogP contribution in [0.4, 0.5) is 0 Å². The Bertz CT molecular complexity index is 896. The fraction of sp³-hybridized carbons (Fsp3) is 0.652. The minimum atomic E-state index is -1.62. The van der Waals surface area contributed by atoms with Crippen molar-refractivity contribution in [3.8, 4) is 5.75 Å². The molecule has 7 atom stereocenters. The van der Waals surface area contributed by atoms with Crippen molar-refractivity contribution in [2.45, 2.75) is 76.8 Å². The zero-order chi connectivity index (χ0) is 23.5. The van der Waals surface area contributed by atoms with Crippen LogP contribution in [0.3, 0.4) is 0 Å². The van der Waals surface area contributed by atoms with Gasteiger partial charge in [-0.05, 0) is 30.0 Å². The molecule has 1 fully saturated rings. The fourth-order valence-corrected chi connectivity index (χ4v) is 5.73. The van der Waals surface area contributed by atoms with E-state index in [0.717, 1.165) is 5.56 Å². The van der Waals surface area contributed by atoms with Crippen molar-refractivity contribution in [2.24, 2.45) is 11.3 Å². The average Bonchev–Trinajstić information content (AvgIpc) is 2.68. The smallest absolute Gasteiger partial charge is 0.314 e. The van der Waals surface area contributed by atoms with E-state index in [1.165, 1.54) is 21.0 Å². The van der Waals surface area contributed by atoms with Crippen molar-refractivity contribution in [2.75, 3.05) is 7.11 Å². The number of phenolic OH excluding ortho intramolecular Hbond substituents is 1. The van der Waals surface area contributed by atoms with Crippen LogP contribution in [0.1, 0.15) is 69.8 Å². The van der Waals surface area contributed by atoms with Gasteiger partial charge in [-0.25, -0.2) is 0 Å². The maximum Gasteiger partial charge on any atom is 0.314 e. The number of aromatic hydroxyl groups is 1. The van der Waals surface area contributed by atoms with E-state index in [4.69, 9.17) is 9.47 Å². The summed E-state index contributed by atoms with van der Waals surface area (Å²) in [4.78, 5) is 24.9. The Morgan fingerprint density at radius 3 is 2.26 bits per heavy atom. The lowest BCUT2D eigenvalue weighted by molar-refractivity contribution is -0.219. The Morgan fingerprint density at radius 1 is 1.13 bits per heavy atom. The Morgan fingerprint density at radius 2 is 1.74 bits per heavy atom. The van der Waals surface area contributed by atoms with Gasteiger partial charge >= 0.3 is 11.9 Å². The number of rotatable bonds is 3. The maximum atomic E-state index is 12.9. The normalized spacial score (nSPS) is 37.0. The number of carbonyl (C=O) groups excluding carboxylic acids is 2. The summed E-state index contributed by atoms with van der Waals surface area (Å²) in [5, 5.41) is 44.4. The molecule has 2 aliphatic carbocycles. The predicted molar refractivity (Wildman–Crippen MR) is 110 cm³/mol. The third kappa shape index (κ3) is 3.23. The molecule has 2 aliphatic rings. The number of ether oxygens (including phenoxy) is 2. The van der Waals surface area contributed by atoms with E-state index in [9.17, 15) is 30.0 Å². The molecule has 1 aromatic rings. The van der Waals surface area contributed by atoms with E-state index in [0.29, 0.717) is 5.56 Å². The van der Waals surface area contributed by atoms with Gasteiger partial charge < -0.3 is 29.9 Å². The van der Waals surface area contributed by atoms with Crippen molar-refractivity contribution in [3.63, 3.8) is 0 Å². The predicted octanol–water partition coefficient (Wildman–Crippen LogP) is 1.67. The largest absolute Gasteiger partial charge is 0.508 e. The van der Waals surface area contributed by atoms with Crippen molar-refractivity contribution < 1.29 is 39.5 Å². The summed E-state index contributed by atoms with van der Waals surface area (Å²) in [6, 6.07) is 3.31. The van der Waals surface area contributed by atoms with Gasteiger partial charge in [0.25, 0.3) is 0 Å². The SMILES string of the molecule is COC(=O)[C@]1(C)[C@@H](O)C[C@H](O)[C@]2(C)c3c(O)cc(C(C)C)cc3[C@@H](O)[C@@H](OC(C)=O)[C@@H]12. The molecule has 1 aromatic carbocycles. The van der Waals surface area contributed by atoms with Crippen molar-refractivity contribution in [1.29, 1.82) is 0 Å². The second-order valence-electron chi connectivity index (χ2n) is 9.48. The van der Waals surface area contributed by atoms with Crippen LogP contribution in [-0.2, 0) is 24.5 Å². The summed E-state index contributed by atoms with van der Waals surface area (Å²) in [7, 11) is 1.18. The standard InChI is InChI=1S/C23H32O8/c1-10(2)12-7-13-17(14(25)8-12)22(4)15(26)9-16(27)23(5,21(29)30-6)20(22)19(18(13)28)31-11(3)24/h7-8,10,15-16,18-20,25-28H,9H2,1-6H3/t15-,16-,18+,19+,20+,22+,23+/m0/s1. The average molecular weight is 437 g/mol. The molecular formula is C23H32O8. The molecular weight excluding hydrogens is 404 g/mol. The summed E-state index contributed by atoms with van der Waals surface area (Å²) >= 11 is 0. The third-order valence-electron chi connectivity index (χ3n) is 7.38. The summed E-state index contributed by atoms with van der Waals surface area (Å²) in [6.07, 6.45) is -5.32. The van der Waals surface area contributed by atoms with Gasteiger partial charge in [-0.15, -0.1) is 0 Å². The highest BCUT2D eigenvalue weighted by atomic mass is 16.6. The van der Waals surface area contributed by atoms with Crippen molar-refractivity contribution in [1.82, 2.24) is 0 Å². The van der Waals surface area contributed by atoms with Gasteiger partial charge in [-0.1, -0.05) is 26.8 Å². The highest BCUT2D eigenvalue weighted by Gasteiger charge is 2.69. The summed E-state index contributed by atoms with van der Waals surface area (Å²) in [5.41, 5.74) is -1.56. The quantitative estimate of drug-likeness (QED) is 0.526. The third-order valence-corrected chi connectivity index (χ3v) is 7.38. The molecule has 0 aromatic heterocycles. The molecule has 3 rings (SSSR count). The zero-order valence-electron chi connectivity index (χ0n) is 18.7. The van der Waals surface area contributed by atoms with Crippen LogP contribution in [0.2, 0.25) is 0 Å². The molecule has 8 nitrogen and oxygen atoms in total. The fourth-order valence-electron chi connectivity index (χ4n) is 5.73. The number of phenols is 1. The summed E-state index contributed by atoms with van der Waals surface area (Å²) < 4.78 is 10.5. The summed E-state index contributed by atoms with van der Waals surface area (Å²) in [6.45, 7) is 8.19. The topological polar surface area (TPSA) is 134 Å². The molecule has 0 aliphatic heterocycles. The lowest BCUT2D eigenvalue weighted by Gasteiger charge is -2.60. The monoisotopic (exact) mass is 436 g/mol. The van der Waals surface area contributed by atoms with Crippen LogP contribution in [0, 0.1) is 11.3 Å². The Kier molecular flexibility index (Phi) is 5.88. The highest BCUT2D eigenvalue weighted by molar-refractivity contribution is 5.79. The molecule has 1 saturated carbocycles. The van der Waals surface area contributed by atoms with E-state index in [1.54, 1.807) is 19.1 Å². The number of esters is 2. The first kappa shape index (κ1) is 23.5. The molecule has 4 N–H and O–H groups in total. The minimum Gasteiger partial charge on any atom is -0.508 e. The van der Waals surface area contributed by atoms with E-state index >= 15 is 0 Å². The van der Waals surface area contributed by atoms with Crippen LogP contribution in [0.15, 0.2) is 12.1 Å². The van der Waals surface area contributed by atoms with Crippen LogP contribution in [0.25, 0.3) is 0 Å². The molecule has 31 heavy (non-hydrogen) atoms. The minimum absolute atomic E-state index is 0.0412. The lowest BCUT2D eigenvalue weighted by Crippen LogP contribution is -2.69. The number of hydrogen-bond acceptors (Lipinski definition) is 8. The van der Waals surface area contributed by atoms with Gasteiger partial charge in [0.1, 0.15) is 18.0 Å². The first-order valence-corrected chi connectivity index (χ1v) is 10.5. The number of benzene rings is 1. The van der Waals surface area contributed by atoms with Gasteiger partial charge in [0.2, 0.25) is 0 Å². The van der Waals surface area contributed by atoms with E-state index in [-0.39, 0.29) is 23.7 Å². The van der Waals surface area contributed by atoms with Crippen LogP contribution in [0.5, 0.6) is 5.75 Å². The number of carbonyl (C=O) groups is 2.